The Bertz CT molecular complexity index is 1550. The average Bonchev–Trinajstić information content (AvgIpc) is 3.38. The summed E-state index contributed by atoms with van der Waals surface area (Å²) in [7, 11) is 0. The third-order valence-corrected chi connectivity index (χ3v) is 5.54. The Balaban J connectivity index is 1.44. The molecule has 2 aromatic carbocycles. The van der Waals surface area contributed by atoms with E-state index in [1.165, 1.54) is 18.5 Å². The highest BCUT2D eigenvalue weighted by Gasteiger charge is 2.36. The summed E-state index contributed by atoms with van der Waals surface area (Å²) in [6.45, 7) is 0. The SMILES string of the molecule is O=C(Nc1cnc(-n2nccn2)c(C(F)(F)F)c1)c1ccc(-c2cncc3ccccc23)cc1Cl. The molecule has 1 amide bonds. The zero-order valence-electron chi connectivity index (χ0n) is 17.7. The predicted octanol–water partition coefficient (Wildman–Crippen LogP) is 5.80. The zero-order chi connectivity index (χ0) is 24.6. The highest BCUT2D eigenvalue weighted by atomic mass is 35.5. The summed E-state index contributed by atoms with van der Waals surface area (Å²) in [6, 6.07) is 13.3. The predicted molar refractivity (Wildman–Crippen MR) is 124 cm³/mol. The molecule has 3 aromatic heterocycles. The van der Waals surface area contributed by atoms with Crippen molar-refractivity contribution in [2.75, 3.05) is 5.32 Å². The number of nitrogens with zero attached hydrogens (tertiary/aromatic N) is 5. The molecular formula is C24H14ClF3N6O. The first-order valence-corrected chi connectivity index (χ1v) is 10.6. The Kier molecular flexibility index (Phi) is 5.65. The monoisotopic (exact) mass is 494 g/mol. The maximum absolute atomic E-state index is 13.6. The molecule has 0 saturated carbocycles. The minimum atomic E-state index is -4.75. The molecule has 0 saturated heterocycles. The number of alkyl halides is 3. The number of nitrogens with one attached hydrogen (secondary N) is 1. The number of amides is 1. The number of carbonyl (C=O) groups is 1. The first-order valence-electron chi connectivity index (χ1n) is 10.2. The number of carbonyl (C=O) groups excluding carboxylic acids is 1. The van der Waals surface area contributed by atoms with Crippen molar-refractivity contribution in [1.29, 1.82) is 0 Å². The van der Waals surface area contributed by atoms with E-state index in [4.69, 9.17) is 11.6 Å². The van der Waals surface area contributed by atoms with Crippen LogP contribution in [-0.2, 0) is 6.18 Å². The highest BCUT2D eigenvalue weighted by Crippen LogP contribution is 2.35. The number of rotatable bonds is 4. The lowest BCUT2D eigenvalue weighted by atomic mass is 10.00. The molecule has 11 heteroatoms. The fourth-order valence-corrected chi connectivity index (χ4v) is 3.90. The number of anilines is 1. The lowest BCUT2D eigenvalue weighted by Crippen LogP contribution is -2.17. The molecule has 5 rings (SSSR count). The van der Waals surface area contributed by atoms with E-state index >= 15 is 0 Å². The van der Waals surface area contributed by atoms with Crippen LogP contribution in [0.5, 0.6) is 0 Å². The van der Waals surface area contributed by atoms with Crippen LogP contribution in [-0.4, -0.2) is 30.9 Å². The number of hydrogen-bond donors (Lipinski definition) is 1. The molecule has 0 bridgehead atoms. The van der Waals surface area contributed by atoms with E-state index < -0.39 is 23.5 Å². The van der Waals surface area contributed by atoms with Gasteiger partial charge < -0.3 is 5.32 Å². The second-order valence-electron chi connectivity index (χ2n) is 7.47. The van der Waals surface area contributed by atoms with Gasteiger partial charge in [-0.3, -0.25) is 9.78 Å². The maximum atomic E-state index is 13.6. The van der Waals surface area contributed by atoms with Crippen LogP contribution in [0.1, 0.15) is 15.9 Å². The number of hydrogen-bond acceptors (Lipinski definition) is 5. The van der Waals surface area contributed by atoms with E-state index in [0.717, 1.165) is 39.0 Å². The van der Waals surface area contributed by atoms with Crippen molar-refractivity contribution in [2.45, 2.75) is 6.18 Å². The van der Waals surface area contributed by atoms with E-state index in [-0.39, 0.29) is 16.3 Å². The molecule has 1 N–H and O–H groups in total. The normalized spacial score (nSPS) is 11.5. The van der Waals surface area contributed by atoms with Gasteiger partial charge in [-0.1, -0.05) is 41.9 Å². The minimum absolute atomic E-state index is 0.0926. The third-order valence-electron chi connectivity index (χ3n) is 5.23. The molecule has 0 fully saturated rings. The summed E-state index contributed by atoms with van der Waals surface area (Å²) in [5.41, 5.74) is 0.412. The minimum Gasteiger partial charge on any atom is -0.321 e. The summed E-state index contributed by atoms with van der Waals surface area (Å²) in [6.07, 6.45) is 2.26. The molecule has 3 heterocycles. The largest absolute Gasteiger partial charge is 0.420 e. The van der Waals surface area contributed by atoms with Gasteiger partial charge in [0.1, 0.15) is 5.56 Å². The molecule has 7 nitrogen and oxygen atoms in total. The first-order chi connectivity index (χ1) is 16.8. The van der Waals surface area contributed by atoms with Crippen molar-refractivity contribution < 1.29 is 18.0 Å². The quantitative estimate of drug-likeness (QED) is 0.341. The Morgan fingerprint density at radius 3 is 2.49 bits per heavy atom. The van der Waals surface area contributed by atoms with Crippen molar-refractivity contribution in [3.63, 3.8) is 0 Å². The molecule has 0 radical (unpaired) electrons. The molecule has 0 atom stereocenters. The van der Waals surface area contributed by atoms with Crippen LogP contribution in [0.4, 0.5) is 18.9 Å². The summed E-state index contributed by atoms with van der Waals surface area (Å²) in [5, 5.41) is 11.9. The van der Waals surface area contributed by atoms with Crippen LogP contribution in [0.15, 0.2) is 79.5 Å². The van der Waals surface area contributed by atoms with Crippen LogP contribution < -0.4 is 5.32 Å². The van der Waals surface area contributed by atoms with Gasteiger partial charge in [0, 0.05) is 23.3 Å². The molecule has 0 aliphatic carbocycles. The lowest BCUT2D eigenvalue weighted by molar-refractivity contribution is -0.137. The van der Waals surface area contributed by atoms with E-state index in [0.29, 0.717) is 0 Å². The van der Waals surface area contributed by atoms with E-state index in [1.54, 1.807) is 24.5 Å². The van der Waals surface area contributed by atoms with Gasteiger partial charge in [-0.2, -0.15) is 23.4 Å². The van der Waals surface area contributed by atoms with Gasteiger partial charge in [-0.15, -0.1) is 4.80 Å². The number of benzene rings is 2. The summed E-state index contributed by atoms with van der Waals surface area (Å²) in [4.78, 5) is 21.6. The van der Waals surface area contributed by atoms with Crippen LogP contribution >= 0.6 is 11.6 Å². The Hall–Kier alpha value is -4.31. The zero-order valence-corrected chi connectivity index (χ0v) is 18.4. The number of pyridine rings is 2. The van der Waals surface area contributed by atoms with Gasteiger partial charge in [-0.25, -0.2) is 4.98 Å². The second kappa shape index (κ2) is 8.80. The lowest BCUT2D eigenvalue weighted by Gasteiger charge is -2.14. The summed E-state index contributed by atoms with van der Waals surface area (Å²) >= 11 is 6.39. The van der Waals surface area contributed by atoms with Crippen molar-refractivity contribution >= 4 is 34.0 Å². The van der Waals surface area contributed by atoms with Gasteiger partial charge in [0.05, 0.1) is 34.9 Å². The topological polar surface area (TPSA) is 85.6 Å². The van der Waals surface area contributed by atoms with Crippen molar-refractivity contribution in [3.8, 4) is 16.9 Å². The number of halogens is 4. The smallest absolute Gasteiger partial charge is 0.321 e. The molecule has 0 unspecified atom stereocenters. The molecular weight excluding hydrogens is 481 g/mol. The van der Waals surface area contributed by atoms with Crippen molar-refractivity contribution in [3.05, 3.63) is 95.7 Å². The van der Waals surface area contributed by atoms with Crippen LogP contribution in [0.3, 0.4) is 0 Å². The second-order valence-corrected chi connectivity index (χ2v) is 7.88. The maximum Gasteiger partial charge on any atom is 0.420 e. The van der Waals surface area contributed by atoms with Gasteiger partial charge >= 0.3 is 6.18 Å². The molecule has 5 aromatic rings. The third kappa shape index (κ3) is 4.43. The average molecular weight is 495 g/mol. The van der Waals surface area contributed by atoms with Gasteiger partial charge in [-0.05, 0) is 29.1 Å². The van der Waals surface area contributed by atoms with E-state index in [2.05, 4.69) is 25.5 Å². The van der Waals surface area contributed by atoms with Crippen LogP contribution in [0.2, 0.25) is 5.02 Å². The van der Waals surface area contributed by atoms with Crippen LogP contribution in [0, 0.1) is 0 Å². The van der Waals surface area contributed by atoms with Gasteiger partial charge in [0.25, 0.3) is 5.91 Å². The Labute approximate surface area is 201 Å². The van der Waals surface area contributed by atoms with E-state index in [9.17, 15) is 18.0 Å². The molecule has 0 aliphatic heterocycles. The standard InChI is InChI=1S/C24H14ClF3N6O/c25-21-9-14(19-13-29-11-15-3-1-2-4-17(15)19)5-6-18(21)23(35)33-16-10-20(24(26,27)28)22(30-12-16)34-31-7-8-32-34/h1-13H,(H,33,35). The molecule has 0 aliphatic rings. The van der Waals surface area contributed by atoms with Crippen molar-refractivity contribution in [1.82, 2.24) is 25.0 Å². The Morgan fingerprint density at radius 2 is 1.74 bits per heavy atom. The van der Waals surface area contributed by atoms with Crippen molar-refractivity contribution in [2.24, 2.45) is 0 Å². The fraction of sp³-hybridized carbons (Fsp3) is 0.0417. The highest BCUT2D eigenvalue weighted by molar-refractivity contribution is 6.34. The van der Waals surface area contributed by atoms with Gasteiger partial charge in [0.2, 0.25) is 0 Å². The molecule has 174 valence electrons. The van der Waals surface area contributed by atoms with Crippen LogP contribution in [0.25, 0.3) is 27.7 Å². The summed E-state index contributed by atoms with van der Waals surface area (Å²) < 4.78 is 40.8. The Morgan fingerprint density at radius 1 is 0.971 bits per heavy atom. The number of fused-ring (bicyclic) bond motifs is 1. The van der Waals surface area contributed by atoms with E-state index in [1.807, 2.05) is 24.3 Å². The molecule has 0 spiro atoms. The molecule has 35 heavy (non-hydrogen) atoms. The first kappa shape index (κ1) is 22.5. The number of aromatic nitrogens is 5. The summed E-state index contributed by atoms with van der Waals surface area (Å²) in [5.74, 6) is -1.19. The fourth-order valence-electron chi connectivity index (χ4n) is 3.63. The van der Waals surface area contributed by atoms with Gasteiger partial charge in [0.15, 0.2) is 5.82 Å².